The van der Waals surface area contributed by atoms with Gasteiger partial charge in [-0.25, -0.2) is 9.59 Å². The molecule has 4 heteroatoms. The highest BCUT2D eigenvalue weighted by Gasteiger charge is 2.26. The second kappa shape index (κ2) is 6.54. The second-order valence-electron chi connectivity index (χ2n) is 5.43. The number of esters is 2. The van der Waals surface area contributed by atoms with E-state index in [4.69, 9.17) is 9.47 Å². The molecule has 0 saturated heterocycles. The number of hydrogen-bond donors (Lipinski definition) is 0. The predicted octanol–water partition coefficient (Wildman–Crippen LogP) is 3.69. The highest BCUT2D eigenvalue weighted by molar-refractivity contribution is 5.83. The third-order valence-electron chi connectivity index (χ3n) is 3.92. The maximum atomic E-state index is 11.3. The van der Waals surface area contributed by atoms with E-state index in [1.165, 1.54) is 0 Å². The van der Waals surface area contributed by atoms with Crippen LogP contribution in [0.4, 0.5) is 0 Å². The molecule has 0 N–H and O–H groups in total. The van der Waals surface area contributed by atoms with Crippen molar-refractivity contribution in [1.29, 1.82) is 0 Å². The van der Waals surface area contributed by atoms with Crippen LogP contribution in [0.15, 0.2) is 73.6 Å². The van der Waals surface area contributed by atoms with E-state index in [1.54, 1.807) is 12.1 Å². The molecule has 120 valence electrons. The number of rotatable bonds is 4. The van der Waals surface area contributed by atoms with Crippen LogP contribution in [-0.4, -0.2) is 11.9 Å². The highest BCUT2D eigenvalue weighted by atomic mass is 16.5. The molecule has 0 aliphatic heterocycles. The molecule has 0 radical (unpaired) electrons. The minimum Gasteiger partial charge on any atom is -0.424 e. The summed E-state index contributed by atoms with van der Waals surface area (Å²) in [5, 5.41) is 0. The predicted molar refractivity (Wildman–Crippen MR) is 91.1 cm³/mol. The molecule has 0 saturated carbocycles. The quantitative estimate of drug-likeness (QED) is 0.482. The molecule has 2 atom stereocenters. The molecule has 1 aromatic rings. The zero-order chi connectivity index (χ0) is 17.1. The van der Waals surface area contributed by atoms with Crippen LogP contribution < -0.4 is 4.74 Å². The number of carbonyl (C=O) groups is 2. The summed E-state index contributed by atoms with van der Waals surface area (Å²) in [5.41, 5.74) is 2.12. The first-order chi connectivity index (χ1) is 11.6. The lowest BCUT2D eigenvalue weighted by Gasteiger charge is -2.28. The first kappa shape index (κ1) is 15.7. The van der Waals surface area contributed by atoms with E-state index in [0.717, 1.165) is 23.3 Å². The van der Waals surface area contributed by atoms with Gasteiger partial charge in [0, 0.05) is 24.0 Å². The fraction of sp³-hybridized carbons (Fsp3) is 0.100. The Morgan fingerprint density at radius 2 is 1.75 bits per heavy atom. The van der Waals surface area contributed by atoms with E-state index in [0.29, 0.717) is 11.5 Å². The number of carbonyl (C=O) groups excluding carboxylic acids is 2. The Balaban J connectivity index is 1.83. The summed E-state index contributed by atoms with van der Waals surface area (Å²) >= 11 is 0. The van der Waals surface area contributed by atoms with Crippen LogP contribution in [0.1, 0.15) is 17.0 Å². The second-order valence-corrected chi connectivity index (χ2v) is 5.43. The molecule has 0 bridgehead atoms. The van der Waals surface area contributed by atoms with Gasteiger partial charge in [-0.15, -0.1) is 0 Å². The lowest BCUT2D eigenvalue weighted by Crippen LogP contribution is -2.16. The Kier molecular flexibility index (Phi) is 4.29. The maximum absolute atomic E-state index is 11.3. The molecule has 0 aromatic heterocycles. The van der Waals surface area contributed by atoms with Crippen molar-refractivity contribution in [3.05, 3.63) is 84.7 Å². The van der Waals surface area contributed by atoms with Crippen LogP contribution in [0.3, 0.4) is 0 Å². The normalized spacial score (nSPS) is 20.2. The van der Waals surface area contributed by atoms with Gasteiger partial charge in [0.25, 0.3) is 0 Å². The van der Waals surface area contributed by atoms with Crippen LogP contribution >= 0.6 is 0 Å². The van der Waals surface area contributed by atoms with E-state index in [2.05, 4.69) is 13.2 Å². The fourth-order valence-corrected chi connectivity index (χ4v) is 2.82. The molecule has 1 aromatic carbocycles. The summed E-state index contributed by atoms with van der Waals surface area (Å²) in [6.07, 6.45) is 12.0. The van der Waals surface area contributed by atoms with Gasteiger partial charge in [-0.3, -0.25) is 0 Å². The van der Waals surface area contributed by atoms with Gasteiger partial charge in [0.15, 0.2) is 0 Å². The van der Waals surface area contributed by atoms with Crippen molar-refractivity contribution in [2.24, 2.45) is 5.92 Å². The number of hydrogen-bond acceptors (Lipinski definition) is 4. The smallest absolute Gasteiger partial charge is 0.335 e. The van der Waals surface area contributed by atoms with Crippen molar-refractivity contribution in [2.45, 2.75) is 5.92 Å². The van der Waals surface area contributed by atoms with Gasteiger partial charge in [-0.2, -0.15) is 0 Å². The summed E-state index contributed by atoms with van der Waals surface area (Å²) in [5.74, 6) is 0.306. The van der Waals surface area contributed by atoms with Gasteiger partial charge < -0.3 is 9.47 Å². The van der Waals surface area contributed by atoms with Gasteiger partial charge in [-0.05, 0) is 35.4 Å². The average Bonchev–Trinajstić information content (AvgIpc) is 2.60. The largest absolute Gasteiger partial charge is 0.424 e. The van der Waals surface area contributed by atoms with Gasteiger partial charge >= 0.3 is 11.9 Å². The molecule has 24 heavy (non-hydrogen) atoms. The van der Waals surface area contributed by atoms with Crippen LogP contribution in [-0.2, 0) is 14.3 Å². The SMILES string of the molecule is C=CC(=O)OC1=CC2C=Cc3cc(OC(=O)C=C)ccc3C2C=C1. The first-order valence-corrected chi connectivity index (χ1v) is 7.51. The minimum atomic E-state index is -0.484. The molecule has 2 aliphatic carbocycles. The molecule has 3 rings (SSSR count). The van der Waals surface area contributed by atoms with Crippen LogP contribution in [0.25, 0.3) is 6.08 Å². The van der Waals surface area contributed by atoms with Crippen molar-refractivity contribution in [3.8, 4) is 5.75 Å². The Morgan fingerprint density at radius 1 is 1.00 bits per heavy atom. The molecule has 0 heterocycles. The van der Waals surface area contributed by atoms with E-state index < -0.39 is 11.9 Å². The number of ether oxygens (including phenoxy) is 2. The topological polar surface area (TPSA) is 52.6 Å². The molecule has 2 unspecified atom stereocenters. The lowest BCUT2D eigenvalue weighted by molar-refractivity contribution is -0.133. The van der Waals surface area contributed by atoms with Gasteiger partial charge in [0.2, 0.25) is 0 Å². The monoisotopic (exact) mass is 320 g/mol. The molecule has 0 amide bonds. The summed E-state index contributed by atoms with van der Waals surface area (Å²) < 4.78 is 10.3. The van der Waals surface area contributed by atoms with Crippen molar-refractivity contribution in [2.75, 3.05) is 0 Å². The van der Waals surface area contributed by atoms with Crippen LogP contribution in [0.5, 0.6) is 5.75 Å². The number of benzene rings is 1. The Labute approximate surface area is 140 Å². The average molecular weight is 320 g/mol. The van der Waals surface area contributed by atoms with Crippen molar-refractivity contribution < 1.29 is 19.1 Å². The Bertz CT molecular complexity index is 811. The van der Waals surface area contributed by atoms with Crippen molar-refractivity contribution in [3.63, 3.8) is 0 Å². The fourth-order valence-electron chi connectivity index (χ4n) is 2.82. The summed E-state index contributed by atoms with van der Waals surface area (Å²) in [6.45, 7) is 6.78. The number of fused-ring (bicyclic) bond motifs is 3. The van der Waals surface area contributed by atoms with E-state index in [1.807, 2.05) is 36.4 Å². The van der Waals surface area contributed by atoms with E-state index >= 15 is 0 Å². The van der Waals surface area contributed by atoms with Crippen LogP contribution in [0.2, 0.25) is 0 Å². The summed E-state index contributed by atoms with van der Waals surface area (Å²) in [7, 11) is 0. The summed E-state index contributed by atoms with van der Waals surface area (Å²) in [6, 6.07) is 5.54. The Morgan fingerprint density at radius 3 is 2.50 bits per heavy atom. The molecule has 0 spiro atoms. The first-order valence-electron chi connectivity index (χ1n) is 7.51. The summed E-state index contributed by atoms with van der Waals surface area (Å²) in [4.78, 5) is 22.6. The standard InChI is InChI=1S/C20H16O4/c1-3-19(21)23-15-7-9-17-13(11-15)5-6-14-12-16(8-10-18(14)17)24-20(22)4-2/h3-13,17H,1-2H2. The molecular weight excluding hydrogens is 304 g/mol. The Hall–Kier alpha value is -3.14. The molecule has 0 fully saturated rings. The molecule has 4 nitrogen and oxygen atoms in total. The zero-order valence-electron chi connectivity index (χ0n) is 13.0. The zero-order valence-corrected chi connectivity index (χ0v) is 13.0. The molecular formula is C20H16O4. The lowest BCUT2D eigenvalue weighted by atomic mass is 9.77. The highest BCUT2D eigenvalue weighted by Crippen LogP contribution is 2.40. The number of allylic oxidation sites excluding steroid dienone is 4. The maximum Gasteiger partial charge on any atom is 0.335 e. The van der Waals surface area contributed by atoms with Gasteiger partial charge in [0.1, 0.15) is 11.5 Å². The van der Waals surface area contributed by atoms with Gasteiger partial charge in [0.05, 0.1) is 0 Å². The minimum absolute atomic E-state index is 0.108. The molecule has 2 aliphatic rings. The van der Waals surface area contributed by atoms with Gasteiger partial charge in [-0.1, -0.05) is 37.5 Å². The van der Waals surface area contributed by atoms with E-state index in [-0.39, 0.29) is 11.8 Å². The van der Waals surface area contributed by atoms with Crippen molar-refractivity contribution >= 4 is 18.0 Å². The third kappa shape index (κ3) is 3.13. The van der Waals surface area contributed by atoms with E-state index in [9.17, 15) is 9.59 Å². The van der Waals surface area contributed by atoms with Crippen LogP contribution in [0, 0.1) is 5.92 Å². The third-order valence-corrected chi connectivity index (χ3v) is 3.92. The van der Waals surface area contributed by atoms with Crippen molar-refractivity contribution in [1.82, 2.24) is 0 Å².